The van der Waals surface area contributed by atoms with Crippen LogP contribution in [0.5, 0.6) is 0 Å². The number of hydrogen-bond donors (Lipinski definition) is 1. The van der Waals surface area contributed by atoms with Gasteiger partial charge in [-0.25, -0.2) is 0 Å². The van der Waals surface area contributed by atoms with Gasteiger partial charge in [-0.2, -0.15) is 4.57 Å². The van der Waals surface area contributed by atoms with E-state index in [9.17, 15) is 0 Å². The number of anilines is 1. The van der Waals surface area contributed by atoms with Crippen molar-refractivity contribution < 1.29 is 4.57 Å². The van der Waals surface area contributed by atoms with Crippen LogP contribution < -0.4 is 10.3 Å². The molecule has 0 saturated carbocycles. The molecule has 2 aromatic rings. The lowest BCUT2D eigenvalue weighted by atomic mass is 10.1. The maximum atomic E-state index is 5.96. The third-order valence-corrected chi connectivity index (χ3v) is 2.30. The Hall–Kier alpha value is -2.09. The second kappa shape index (κ2) is 3.96. The smallest absolute Gasteiger partial charge is 0.240 e. The van der Waals surface area contributed by atoms with Crippen molar-refractivity contribution in [2.75, 3.05) is 5.73 Å². The SMILES string of the molecule is C=C[n+]1cccc(N)c1-c1ccccc1. The van der Waals surface area contributed by atoms with E-state index in [1.807, 2.05) is 53.2 Å². The average molecular weight is 197 g/mol. The van der Waals surface area contributed by atoms with Gasteiger partial charge in [-0.05, 0) is 24.8 Å². The summed E-state index contributed by atoms with van der Waals surface area (Å²) < 4.78 is 1.92. The van der Waals surface area contributed by atoms with Gasteiger partial charge >= 0.3 is 0 Å². The van der Waals surface area contributed by atoms with Crippen molar-refractivity contribution in [3.05, 3.63) is 55.2 Å². The number of nitrogens with two attached hydrogens (primary N) is 1. The number of nitrogen functional groups attached to an aromatic ring is 1. The van der Waals surface area contributed by atoms with Gasteiger partial charge in [-0.3, -0.25) is 0 Å². The molecule has 2 heteroatoms. The van der Waals surface area contributed by atoms with Crippen LogP contribution in [0.25, 0.3) is 17.5 Å². The molecule has 0 amide bonds. The maximum absolute atomic E-state index is 5.96. The first kappa shape index (κ1) is 9.46. The Morgan fingerprint density at radius 3 is 2.47 bits per heavy atom. The highest BCUT2D eigenvalue weighted by Gasteiger charge is 2.13. The standard InChI is InChI=1S/C13H13N2/c1-2-15-10-6-9-12(14)13(15)11-7-4-3-5-8-11/h2-10H,1,14H2/q+1. The largest absolute Gasteiger partial charge is 0.393 e. The molecule has 15 heavy (non-hydrogen) atoms. The number of aromatic nitrogens is 1. The second-order valence-electron chi connectivity index (χ2n) is 3.27. The van der Waals surface area contributed by atoms with Gasteiger partial charge in [-0.15, -0.1) is 0 Å². The van der Waals surface area contributed by atoms with Gasteiger partial charge in [0.25, 0.3) is 0 Å². The Morgan fingerprint density at radius 2 is 1.80 bits per heavy atom. The Bertz CT molecular complexity index is 475. The topological polar surface area (TPSA) is 29.9 Å². The molecule has 2 N–H and O–H groups in total. The summed E-state index contributed by atoms with van der Waals surface area (Å²) in [6.07, 6.45) is 3.68. The highest BCUT2D eigenvalue weighted by molar-refractivity contribution is 5.69. The van der Waals surface area contributed by atoms with Crippen LogP contribution in [0.2, 0.25) is 0 Å². The molecular formula is C13H13N2+. The van der Waals surface area contributed by atoms with E-state index in [0.29, 0.717) is 0 Å². The minimum atomic E-state index is 0.753. The number of hydrogen-bond acceptors (Lipinski definition) is 1. The van der Waals surface area contributed by atoms with E-state index in [1.54, 1.807) is 6.20 Å². The van der Waals surface area contributed by atoms with Gasteiger partial charge in [0.1, 0.15) is 5.69 Å². The number of rotatable bonds is 2. The van der Waals surface area contributed by atoms with Crippen molar-refractivity contribution in [3.8, 4) is 11.3 Å². The lowest BCUT2D eigenvalue weighted by molar-refractivity contribution is -0.555. The van der Waals surface area contributed by atoms with Crippen LogP contribution in [-0.4, -0.2) is 0 Å². The molecule has 0 aliphatic rings. The molecule has 1 heterocycles. The minimum Gasteiger partial charge on any atom is -0.393 e. The highest BCUT2D eigenvalue weighted by atomic mass is 14.9. The van der Waals surface area contributed by atoms with Gasteiger partial charge in [0.15, 0.2) is 12.4 Å². The van der Waals surface area contributed by atoms with E-state index in [4.69, 9.17) is 5.73 Å². The first-order valence-electron chi connectivity index (χ1n) is 4.80. The van der Waals surface area contributed by atoms with Crippen molar-refractivity contribution in [2.45, 2.75) is 0 Å². The van der Waals surface area contributed by atoms with Crippen molar-refractivity contribution in [1.29, 1.82) is 0 Å². The molecule has 0 unspecified atom stereocenters. The van der Waals surface area contributed by atoms with Crippen molar-refractivity contribution >= 4 is 11.9 Å². The van der Waals surface area contributed by atoms with Crippen molar-refractivity contribution in [2.24, 2.45) is 0 Å². The van der Waals surface area contributed by atoms with Crippen LogP contribution in [0.4, 0.5) is 5.69 Å². The molecule has 2 nitrogen and oxygen atoms in total. The molecular weight excluding hydrogens is 184 g/mol. The predicted octanol–water partition coefficient (Wildman–Crippen LogP) is 2.32. The Balaban J connectivity index is 2.66. The summed E-state index contributed by atoms with van der Waals surface area (Å²) in [6.45, 7) is 3.77. The highest BCUT2D eigenvalue weighted by Crippen LogP contribution is 2.20. The van der Waals surface area contributed by atoms with Gasteiger partial charge in [0.2, 0.25) is 5.69 Å². The van der Waals surface area contributed by atoms with Crippen LogP contribution in [-0.2, 0) is 0 Å². The fraction of sp³-hybridized carbons (Fsp3) is 0. The molecule has 1 aromatic carbocycles. The summed E-state index contributed by atoms with van der Waals surface area (Å²) in [7, 11) is 0. The molecule has 0 atom stereocenters. The average Bonchev–Trinajstić information content (AvgIpc) is 2.29. The van der Waals surface area contributed by atoms with E-state index in [-0.39, 0.29) is 0 Å². The molecule has 0 spiro atoms. The summed E-state index contributed by atoms with van der Waals surface area (Å²) >= 11 is 0. The van der Waals surface area contributed by atoms with Crippen LogP contribution in [0, 0.1) is 0 Å². The quantitative estimate of drug-likeness (QED) is 0.736. The van der Waals surface area contributed by atoms with Gasteiger partial charge in [0, 0.05) is 11.6 Å². The first-order chi connectivity index (χ1) is 7.33. The van der Waals surface area contributed by atoms with Crippen LogP contribution in [0.3, 0.4) is 0 Å². The summed E-state index contributed by atoms with van der Waals surface area (Å²) in [6, 6.07) is 13.8. The van der Waals surface area contributed by atoms with Crippen LogP contribution >= 0.6 is 0 Å². The van der Waals surface area contributed by atoms with E-state index < -0.39 is 0 Å². The molecule has 0 aliphatic carbocycles. The van der Waals surface area contributed by atoms with Gasteiger partial charge in [0.05, 0.1) is 0 Å². The number of benzene rings is 1. The molecule has 0 saturated heterocycles. The third-order valence-electron chi connectivity index (χ3n) is 2.30. The van der Waals surface area contributed by atoms with Gasteiger partial charge < -0.3 is 5.73 Å². The number of nitrogens with zero attached hydrogens (tertiary/aromatic N) is 1. The molecule has 0 fully saturated rings. The van der Waals surface area contributed by atoms with Crippen LogP contribution in [0.1, 0.15) is 0 Å². The predicted molar refractivity (Wildman–Crippen MR) is 62.9 cm³/mol. The van der Waals surface area contributed by atoms with Crippen LogP contribution in [0.15, 0.2) is 55.2 Å². The summed E-state index contributed by atoms with van der Waals surface area (Å²) in [5.41, 5.74) is 8.79. The summed E-state index contributed by atoms with van der Waals surface area (Å²) in [4.78, 5) is 0. The van der Waals surface area contributed by atoms with E-state index in [1.165, 1.54) is 0 Å². The fourth-order valence-corrected chi connectivity index (χ4v) is 1.61. The zero-order valence-corrected chi connectivity index (χ0v) is 8.43. The molecule has 0 radical (unpaired) electrons. The zero-order chi connectivity index (χ0) is 10.7. The Kier molecular flexibility index (Phi) is 2.50. The van der Waals surface area contributed by atoms with E-state index in [0.717, 1.165) is 16.9 Å². The Morgan fingerprint density at radius 1 is 1.07 bits per heavy atom. The first-order valence-corrected chi connectivity index (χ1v) is 4.80. The van der Waals surface area contributed by atoms with Crippen molar-refractivity contribution in [1.82, 2.24) is 0 Å². The van der Waals surface area contributed by atoms with E-state index >= 15 is 0 Å². The Labute approximate surface area is 89.3 Å². The zero-order valence-electron chi connectivity index (χ0n) is 8.43. The summed E-state index contributed by atoms with van der Waals surface area (Å²) in [5, 5.41) is 0. The fourth-order valence-electron chi connectivity index (χ4n) is 1.61. The molecule has 2 rings (SSSR count). The lowest BCUT2D eigenvalue weighted by Gasteiger charge is -2.02. The number of pyridine rings is 1. The second-order valence-corrected chi connectivity index (χ2v) is 3.27. The molecule has 0 aliphatic heterocycles. The maximum Gasteiger partial charge on any atom is 0.240 e. The normalized spacial score (nSPS) is 9.87. The van der Waals surface area contributed by atoms with Crippen molar-refractivity contribution in [3.63, 3.8) is 0 Å². The monoisotopic (exact) mass is 197 g/mol. The lowest BCUT2D eigenvalue weighted by Crippen LogP contribution is -2.29. The van der Waals surface area contributed by atoms with Gasteiger partial charge in [-0.1, -0.05) is 18.2 Å². The van der Waals surface area contributed by atoms with E-state index in [2.05, 4.69) is 6.58 Å². The molecule has 1 aromatic heterocycles. The molecule has 0 bridgehead atoms. The molecule has 74 valence electrons. The summed E-state index contributed by atoms with van der Waals surface area (Å²) in [5.74, 6) is 0. The third kappa shape index (κ3) is 1.74. The minimum absolute atomic E-state index is 0.753.